The first-order valence-corrected chi connectivity index (χ1v) is 7.11. The molecule has 0 aliphatic heterocycles. The Labute approximate surface area is 103 Å². The minimum atomic E-state index is 0.633. The number of nitrogens with one attached hydrogen (secondary N) is 1. The maximum Gasteiger partial charge on any atom is 0.0223 e. The van der Waals surface area contributed by atoms with Crippen molar-refractivity contribution in [1.82, 2.24) is 10.2 Å². The number of nitrogens with zero attached hydrogens (tertiary/aromatic N) is 1. The van der Waals surface area contributed by atoms with E-state index in [0.717, 1.165) is 13.1 Å². The zero-order chi connectivity index (χ0) is 12.6. The molecule has 2 heteroatoms. The molecule has 0 aromatic carbocycles. The third-order valence-corrected chi connectivity index (χ3v) is 3.72. The Morgan fingerprint density at radius 1 is 1.00 bits per heavy atom. The predicted octanol–water partition coefficient (Wildman–Crippen LogP) is 3.27. The molecule has 2 nitrogen and oxygen atoms in total. The minimum Gasteiger partial charge on any atom is -0.312 e. The molecule has 0 bridgehead atoms. The van der Waals surface area contributed by atoms with Crippen LogP contribution in [0.1, 0.15) is 60.8 Å². The van der Waals surface area contributed by atoms with E-state index in [0.29, 0.717) is 18.1 Å². The van der Waals surface area contributed by atoms with Crippen LogP contribution in [-0.2, 0) is 0 Å². The quantitative estimate of drug-likeness (QED) is 0.651. The molecule has 0 rings (SSSR count). The Balaban J connectivity index is 4.37. The molecule has 0 aromatic rings. The summed E-state index contributed by atoms with van der Waals surface area (Å²) >= 11 is 0. The van der Waals surface area contributed by atoms with Crippen LogP contribution >= 0.6 is 0 Å². The lowest BCUT2D eigenvalue weighted by Gasteiger charge is -2.38. The lowest BCUT2D eigenvalue weighted by Crippen LogP contribution is -2.51. The number of hydrogen-bond donors (Lipinski definition) is 1. The normalized spacial score (nSPS) is 17.4. The van der Waals surface area contributed by atoms with E-state index < -0.39 is 0 Å². The molecule has 16 heavy (non-hydrogen) atoms. The first-order valence-electron chi connectivity index (χ1n) is 7.11. The van der Waals surface area contributed by atoms with Crippen molar-refractivity contribution in [1.29, 1.82) is 0 Å². The van der Waals surface area contributed by atoms with Gasteiger partial charge in [0.25, 0.3) is 0 Å². The zero-order valence-corrected chi connectivity index (χ0v) is 12.2. The third-order valence-electron chi connectivity index (χ3n) is 3.72. The highest BCUT2D eigenvalue weighted by molar-refractivity contribution is 4.82. The molecule has 0 aliphatic rings. The van der Waals surface area contributed by atoms with Crippen LogP contribution in [0.5, 0.6) is 0 Å². The second-order valence-corrected chi connectivity index (χ2v) is 4.80. The van der Waals surface area contributed by atoms with E-state index in [1.165, 1.54) is 19.3 Å². The molecule has 0 aromatic heterocycles. The van der Waals surface area contributed by atoms with Gasteiger partial charge in [-0.1, -0.05) is 27.7 Å². The van der Waals surface area contributed by atoms with Crippen molar-refractivity contribution in [2.45, 2.75) is 78.9 Å². The van der Waals surface area contributed by atoms with Crippen molar-refractivity contribution >= 4 is 0 Å². The van der Waals surface area contributed by atoms with E-state index in [-0.39, 0.29) is 0 Å². The molecule has 0 radical (unpaired) electrons. The van der Waals surface area contributed by atoms with Gasteiger partial charge >= 0.3 is 0 Å². The van der Waals surface area contributed by atoms with Crippen LogP contribution < -0.4 is 5.32 Å². The molecular formula is C14H32N2. The highest BCUT2D eigenvalue weighted by Gasteiger charge is 2.23. The lowest BCUT2D eigenvalue weighted by atomic mass is 10.0. The van der Waals surface area contributed by atoms with Gasteiger partial charge in [-0.3, -0.25) is 4.90 Å². The lowest BCUT2D eigenvalue weighted by molar-refractivity contribution is 0.125. The Kier molecular flexibility index (Phi) is 8.96. The standard InChI is InChI=1S/C14H32N2/c1-7-11-15-14(9-3)13(6)16(10-4)12(5)8-2/h12-15H,7-11H2,1-6H3. The fourth-order valence-electron chi connectivity index (χ4n) is 2.45. The first kappa shape index (κ1) is 15.9. The van der Waals surface area contributed by atoms with Crippen LogP contribution in [0, 0.1) is 0 Å². The Hall–Kier alpha value is -0.0800. The van der Waals surface area contributed by atoms with Gasteiger partial charge in [-0.2, -0.15) is 0 Å². The van der Waals surface area contributed by atoms with Crippen LogP contribution in [0.25, 0.3) is 0 Å². The van der Waals surface area contributed by atoms with E-state index in [9.17, 15) is 0 Å². The summed E-state index contributed by atoms with van der Waals surface area (Å²) in [4.78, 5) is 2.62. The van der Waals surface area contributed by atoms with Gasteiger partial charge in [0.15, 0.2) is 0 Å². The Bertz CT molecular complexity index is 159. The van der Waals surface area contributed by atoms with Crippen molar-refractivity contribution in [3.8, 4) is 0 Å². The van der Waals surface area contributed by atoms with Gasteiger partial charge in [-0.05, 0) is 46.2 Å². The summed E-state index contributed by atoms with van der Waals surface area (Å²) in [5.41, 5.74) is 0. The van der Waals surface area contributed by atoms with Crippen LogP contribution in [0.3, 0.4) is 0 Å². The molecule has 98 valence electrons. The van der Waals surface area contributed by atoms with Crippen molar-refractivity contribution in [2.24, 2.45) is 0 Å². The SMILES string of the molecule is CCCNC(CC)C(C)N(CC)C(C)CC. The maximum atomic E-state index is 3.67. The smallest absolute Gasteiger partial charge is 0.0223 e. The third kappa shape index (κ3) is 4.84. The van der Waals surface area contributed by atoms with E-state index >= 15 is 0 Å². The van der Waals surface area contributed by atoms with Gasteiger partial charge in [-0.15, -0.1) is 0 Å². The second-order valence-electron chi connectivity index (χ2n) is 4.80. The van der Waals surface area contributed by atoms with E-state index in [4.69, 9.17) is 0 Å². The van der Waals surface area contributed by atoms with Gasteiger partial charge in [0.05, 0.1) is 0 Å². The van der Waals surface area contributed by atoms with E-state index in [2.05, 4.69) is 51.8 Å². The van der Waals surface area contributed by atoms with Gasteiger partial charge in [-0.25, -0.2) is 0 Å². The minimum absolute atomic E-state index is 0.633. The molecule has 0 spiro atoms. The second kappa shape index (κ2) is 9.00. The molecule has 1 N–H and O–H groups in total. The fourth-order valence-corrected chi connectivity index (χ4v) is 2.45. The monoisotopic (exact) mass is 228 g/mol. The predicted molar refractivity (Wildman–Crippen MR) is 74.0 cm³/mol. The topological polar surface area (TPSA) is 15.3 Å². The van der Waals surface area contributed by atoms with Crippen molar-refractivity contribution in [3.05, 3.63) is 0 Å². The van der Waals surface area contributed by atoms with Crippen LogP contribution in [0.2, 0.25) is 0 Å². The summed E-state index contributed by atoms with van der Waals surface area (Å²) in [5, 5.41) is 3.67. The molecule has 0 saturated heterocycles. The van der Waals surface area contributed by atoms with Crippen molar-refractivity contribution in [2.75, 3.05) is 13.1 Å². The van der Waals surface area contributed by atoms with E-state index in [1.807, 2.05) is 0 Å². The van der Waals surface area contributed by atoms with Crippen molar-refractivity contribution in [3.63, 3.8) is 0 Å². The van der Waals surface area contributed by atoms with Crippen LogP contribution in [-0.4, -0.2) is 36.1 Å². The average Bonchev–Trinajstić information content (AvgIpc) is 2.30. The largest absolute Gasteiger partial charge is 0.312 e. The Morgan fingerprint density at radius 3 is 2.00 bits per heavy atom. The summed E-state index contributed by atoms with van der Waals surface area (Å²) in [5.74, 6) is 0. The molecule has 0 saturated carbocycles. The zero-order valence-electron chi connectivity index (χ0n) is 12.2. The first-order chi connectivity index (χ1) is 7.62. The molecule has 0 amide bonds. The summed E-state index contributed by atoms with van der Waals surface area (Å²) in [6.07, 6.45) is 3.68. The van der Waals surface area contributed by atoms with Gasteiger partial charge < -0.3 is 5.32 Å². The summed E-state index contributed by atoms with van der Waals surface area (Å²) in [6.45, 7) is 16.1. The maximum absolute atomic E-state index is 3.67. The average molecular weight is 228 g/mol. The van der Waals surface area contributed by atoms with Crippen LogP contribution in [0.15, 0.2) is 0 Å². The summed E-state index contributed by atoms with van der Waals surface area (Å²) in [6, 6.07) is 1.96. The molecule has 0 aliphatic carbocycles. The number of rotatable bonds is 9. The number of likely N-dealkylation sites (N-methyl/N-ethyl adjacent to an activating group) is 1. The molecule has 3 unspecified atom stereocenters. The van der Waals surface area contributed by atoms with Gasteiger partial charge in [0, 0.05) is 18.1 Å². The molecule has 0 heterocycles. The Morgan fingerprint density at radius 2 is 1.62 bits per heavy atom. The fraction of sp³-hybridized carbons (Fsp3) is 1.00. The highest BCUT2D eigenvalue weighted by Crippen LogP contribution is 2.13. The summed E-state index contributed by atoms with van der Waals surface area (Å²) < 4.78 is 0. The molecular weight excluding hydrogens is 196 g/mol. The van der Waals surface area contributed by atoms with E-state index in [1.54, 1.807) is 0 Å². The molecule has 0 fully saturated rings. The van der Waals surface area contributed by atoms with Crippen molar-refractivity contribution < 1.29 is 0 Å². The van der Waals surface area contributed by atoms with Crippen LogP contribution in [0.4, 0.5) is 0 Å². The van der Waals surface area contributed by atoms with Gasteiger partial charge in [0.1, 0.15) is 0 Å². The summed E-state index contributed by atoms with van der Waals surface area (Å²) in [7, 11) is 0. The molecule has 3 atom stereocenters. The van der Waals surface area contributed by atoms with Gasteiger partial charge in [0.2, 0.25) is 0 Å². The number of hydrogen-bond acceptors (Lipinski definition) is 2. The highest BCUT2D eigenvalue weighted by atomic mass is 15.2.